The molecule has 0 saturated carbocycles. The van der Waals surface area contributed by atoms with Crippen molar-refractivity contribution < 1.29 is 9.53 Å². The molecule has 2 unspecified atom stereocenters. The van der Waals surface area contributed by atoms with Crippen molar-refractivity contribution >= 4 is 16.8 Å². The van der Waals surface area contributed by atoms with Crippen molar-refractivity contribution in [2.45, 2.75) is 70.1 Å². The van der Waals surface area contributed by atoms with E-state index < -0.39 is 0 Å². The summed E-state index contributed by atoms with van der Waals surface area (Å²) in [6.07, 6.45) is 7.89. The minimum Gasteiger partial charge on any atom is -0.361 e. The number of morpholine rings is 1. The molecule has 152 valence electrons. The summed E-state index contributed by atoms with van der Waals surface area (Å²) in [5.74, 6) is 0.0772. The molecule has 0 radical (unpaired) electrons. The number of nitrogens with one attached hydrogen (secondary N) is 2. The Morgan fingerprint density at radius 3 is 2.82 bits per heavy atom. The van der Waals surface area contributed by atoms with Crippen molar-refractivity contribution in [3.05, 3.63) is 36.0 Å². The first kappa shape index (κ1) is 19.5. The van der Waals surface area contributed by atoms with E-state index in [1.165, 1.54) is 16.5 Å². The maximum atomic E-state index is 12.3. The largest absolute Gasteiger partial charge is 0.361 e. The van der Waals surface area contributed by atoms with E-state index in [-0.39, 0.29) is 23.7 Å². The minimum absolute atomic E-state index is 0.0772. The topological polar surface area (TPSA) is 57.4 Å². The van der Waals surface area contributed by atoms with E-state index in [9.17, 15) is 4.79 Å². The van der Waals surface area contributed by atoms with Crippen LogP contribution in [0.25, 0.3) is 10.9 Å². The van der Waals surface area contributed by atoms with Gasteiger partial charge in [0.05, 0.1) is 11.6 Å². The SMILES string of the molecule is CCCCC1OC2(CCN(CCc3c[nH]c4ccccc34)CC2)C(C)NC1=O. The van der Waals surface area contributed by atoms with Crippen LogP contribution in [0, 0.1) is 0 Å². The first-order valence-corrected chi connectivity index (χ1v) is 10.9. The van der Waals surface area contributed by atoms with E-state index in [2.05, 4.69) is 59.5 Å². The molecule has 28 heavy (non-hydrogen) atoms. The molecule has 0 bridgehead atoms. The molecule has 5 nitrogen and oxygen atoms in total. The lowest BCUT2D eigenvalue weighted by molar-refractivity contribution is -0.183. The number of hydrogen-bond donors (Lipinski definition) is 2. The summed E-state index contributed by atoms with van der Waals surface area (Å²) < 4.78 is 6.45. The Morgan fingerprint density at radius 1 is 1.25 bits per heavy atom. The summed E-state index contributed by atoms with van der Waals surface area (Å²) in [4.78, 5) is 18.2. The van der Waals surface area contributed by atoms with Crippen molar-refractivity contribution in [3.8, 4) is 0 Å². The van der Waals surface area contributed by atoms with Crippen molar-refractivity contribution in [1.82, 2.24) is 15.2 Å². The monoisotopic (exact) mass is 383 g/mol. The zero-order valence-corrected chi connectivity index (χ0v) is 17.2. The molecule has 2 N–H and O–H groups in total. The fourth-order valence-electron chi connectivity index (χ4n) is 4.78. The van der Waals surface area contributed by atoms with Gasteiger partial charge in [-0.1, -0.05) is 38.0 Å². The number of piperidine rings is 1. The maximum absolute atomic E-state index is 12.3. The van der Waals surface area contributed by atoms with Crippen LogP contribution in [0.3, 0.4) is 0 Å². The number of amides is 1. The second-order valence-electron chi connectivity index (χ2n) is 8.49. The minimum atomic E-state index is -0.270. The molecule has 1 amide bonds. The van der Waals surface area contributed by atoms with E-state index in [1.807, 2.05) is 0 Å². The van der Waals surface area contributed by atoms with Gasteiger partial charge in [0.2, 0.25) is 5.91 Å². The molecular weight excluding hydrogens is 350 g/mol. The highest BCUT2D eigenvalue weighted by Gasteiger charge is 2.47. The van der Waals surface area contributed by atoms with Gasteiger partial charge < -0.3 is 19.9 Å². The molecule has 1 spiro atoms. The number of fused-ring (bicyclic) bond motifs is 1. The average molecular weight is 384 g/mol. The van der Waals surface area contributed by atoms with Gasteiger partial charge in [0.1, 0.15) is 6.10 Å². The van der Waals surface area contributed by atoms with Crippen LogP contribution in [0.5, 0.6) is 0 Å². The summed E-state index contributed by atoms with van der Waals surface area (Å²) in [7, 11) is 0. The zero-order valence-electron chi connectivity index (χ0n) is 17.2. The third kappa shape index (κ3) is 3.83. The highest BCUT2D eigenvalue weighted by atomic mass is 16.5. The molecule has 2 atom stereocenters. The van der Waals surface area contributed by atoms with Crippen LogP contribution < -0.4 is 5.32 Å². The molecule has 3 heterocycles. The summed E-state index contributed by atoms with van der Waals surface area (Å²) in [5.41, 5.74) is 2.42. The number of rotatable bonds is 6. The molecule has 1 aromatic heterocycles. The lowest BCUT2D eigenvalue weighted by atomic mass is 9.82. The number of benzene rings is 1. The summed E-state index contributed by atoms with van der Waals surface area (Å²) in [6.45, 7) is 7.39. The molecule has 2 aliphatic rings. The normalized spacial score (nSPS) is 25.3. The smallest absolute Gasteiger partial charge is 0.249 e. The van der Waals surface area contributed by atoms with Crippen LogP contribution in [0.4, 0.5) is 0 Å². The Morgan fingerprint density at radius 2 is 2.04 bits per heavy atom. The van der Waals surface area contributed by atoms with E-state index in [0.717, 1.165) is 58.2 Å². The molecule has 2 saturated heterocycles. The quantitative estimate of drug-likeness (QED) is 0.801. The summed E-state index contributed by atoms with van der Waals surface area (Å²) >= 11 is 0. The first-order valence-electron chi connectivity index (χ1n) is 10.9. The number of hydrogen-bond acceptors (Lipinski definition) is 3. The van der Waals surface area contributed by atoms with Crippen LogP contribution in [0.15, 0.2) is 30.5 Å². The van der Waals surface area contributed by atoms with E-state index in [0.29, 0.717) is 0 Å². The Labute approximate surface area is 167 Å². The average Bonchev–Trinajstić information content (AvgIpc) is 3.13. The number of likely N-dealkylation sites (tertiary alicyclic amines) is 1. The van der Waals surface area contributed by atoms with Crippen molar-refractivity contribution in [3.63, 3.8) is 0 Å². The molecule has 2 aromatic rings. The molecule has 5 heteroatoms. The van der Waals surface area contributed by atoms with E-state index in [4.69, 9.17) is 4.74 Å². The van der Waals surface area contributed by atoms with E-state index >= 15 is 0 Å². The predicted octanol–water partition coefficient (Wildman–Crippen LogP) is 3.64. The molecular formula is C23H33N3O2. The number of aromatic nitrogens is 1. The number of carbonyl (C=O) groups is 1. The third-order valence-electron chi connectivity index (χ3n) is 6.71. The number of nitrogens with zero attached hydrogens (tertiary/aromatic N) is 1. The third-order valence-corrected chi connectivity index (χ3v) is 6.71. The van der Waals surface area contributed by atoms with Crippen LogP contribution >= 0.6 is 0 Å². The lowest BCUT2D eigenvalue weighted by Crippen LogP contribution is -2.65. The van der Waals surface area contributed by atoms with Gasteiger partial charge in [-0.25, -0.2) is 0 Å². The van der Waals surface area contributed by atoms with Gasteiger partial charge in [-0.2, -0.15) is 0 Å². The Bertz CT molecular complexity index is 807. The Balaban J connectivity index is 1.34. The van der Waals surface area contributed by atoms with Gasteiger partial charge in [-0.15, -0.1) is 0 Å². The highest BCUT2D eigenvalue weighted by molar-refractivity contribution is 5.83. The number of para-hydroxylation sites is 1. The number of aromatic amines is 1. The lowest BCUT2D eigenvalue weighted by Gasteiger charge is -2.50. The standard InChI is InChI=1S/C23H33N3O2/c1-3-4-9-21-22(27)25-17(2)23(28-21)11-14-26(15-12-23)13-10-18-16-24-20-8-6-5-7-19(18)20/h5-8,16-17,21,24H,3-4,9-15H2,1-2H3,(H,25,27). The second kappa shape index (κ2) is 8.26. The van der Waals surface area contributed by atoms with Crippen LogP contribution in [-0.2, 0) is 16.0 Å². The van der Waals surface area contributed by atoms with Gasteiger partial charge in [0.25, 0.3) is 0 Å². The zero-order chi connectivity index (χ0) is 19.6. The number of ether oxygens (including phenoxy) is 1. The van der Waals surface area contributed by atoms with Crippen LogP contribution in [0.1, 0.15) is 51.5 Å². The summed E-state index contributed by atoms with van der Waals surface area (Å²) in [5, 5.41) is 4.54. The van der Waals surface area contributed by atoms with E-state index in [1.54, 1.807) is 0 Å². The second-order valence-corrected chi connectivity index (χ2v) is 8.49. The van der Waals surface area contributed by atoms with Crippen molar-refractivity contribution in [1.29, 1.82) is 0 Å². The highest BCUT2D eigenvalue weighted by Crippen LogP contribution is 2.35. The fourth-order valence-corrected chi connectivity index (χ4v) is 4.78. The van der Waals surface area contributed by atoms with Crippen LogP contribution in [-0.4, -0.2) is 53.2 Å². The predicted molar refractivity (Wildman–Crippen MR) is 112 cm³/mol. The molecule has 0 aliphatic carbocycles. The number of carbonyl (C=O) groups excluding carboxylic acids is 1. The molecule has 1 aromatic carbocycles. The van der Waals surface area contributed by atoms with Gasteiger partial charge in [-0.3, -0.25) is 4.79 Å². The van der Waals surface area contributed by atoms with Crippen molar-refractivity contribution in [2.75, 3.05) is 19.6 Å². The number of unbranched alkanes of at least 4 members (excludes halogenated alkanes) is 1. The Hall–Kier alpha value is -1.85. The number of H-pyrrole nitrogens is 1. The van der Waals surface area contributed by atoms with Gasteiger partial charge >= 0.3 is 0 Å². The van der Waals surface area contributed by atoms with Gasteiger partial charge in [-0.05, 0) is 44.2 Å². The fraction of sp³-hybridized carbons (Fsp3) is 0.609. The molecule has 4 rings (SSSR count). The van der Waals surface area contributed by atoms with Crippen LogP contribution in [0.2, 0.25) is 0 Å². The Kier molecular flexibility index (Phi) is 5.74. The van der Waals surface area contributed by atoms with Crippen molar-refractivity contribution in [2.24, 2.45) is 0 Å². The van der Waals surface area contributed by atoms with Gasteiger partial charge in [0.15, 0.2) is 0 Å². The summed E-state index contributed by atoms with van der Waals surface area (Å²) in [6, 6.07) is 8.60. The first-order chi connectivity index (χ1) is 13.6. The molecule has 2 fully saturated rings. The maximum Gasteiger partial charge on any atom is 0.249 e. The molecule has 2 aliphatic heterocycles. The van der Waals surface area contributed by atoms with Gasteiger partial charge in [0, 0.05) is 36.7 Å².